The van der Waals surface area contributed by atoms with Gasteiger partial charge < -0.3 is 13.9 Å². The molecule has 0 aromatic carbocycles. The van der Waals surface area contributed by atoms with E-state index >= 15 is 0 Å². The smallest absolute Gasteiger partial charge is 0.414 e. The Morgan fingerprint density at radius 1 is 1.13 bits per heavy atom. The van der Waals surface area contributed by atoms with Crippen LogP contribution in [0.25, 0.3) is 22.2 Å². The molecule has 1 aliphatic rings. The van der Waals surface area contributed by atoms with Gasteiger partial charge in [0, 0.05) is 50.1 Å². The number of carbonyl (C=O) groups excluding carboxylic acids is 2. The lowest BCUT2D eigenvalue weighted by Gasteiger charge is -2.31. The molecule has 0 spiro atoms. The summed E-state index contributed by atoms with van der Waals surface area (Å²) in [4.78, 5) is 33.6. The molecule has 1 aliphatic heterocycles. The normalized spacial score (nSPS) is 17.9. The van der Waals surface area contributed by atoms with Crippen LogP contribution in [0.2, 0.25) is 0 Å². The molecule has 0 radical (unpaired) electrons. The van der Waals surface area contributed by atoms with Gasteiger partial charge in [-0.25, -0.2) is 4.79 Å². The van der Waals surface area contributed by atoms with Crippen molar-refractivity contribution in [2.24, 2.45) is 14.1 Å². The van der Waals surface area contributed by atoms with Crippen molar-refractivity contribution in [3.05, 3.63) is 48.4 Å². The molecule has 0 unspecified atom stereocenters. The highest BCUT2D eigenvalue weighted by molar-refractivity contribution is 6.17. The number of amides is 1. The van der Waals surface area contributed by atoms with Crippen molar-refractivity contribution in [2.45, 2.75) is 51.7 Å². The summed E-state index contributed by atoms with van der Waals surface area (Å²) in [6.45, 7) is 4.65. The summed E-state index contributed by atoms with van der Waals surface area (Å²) in [5.41, 5.74) is 2.58. The van der Waals surface area contributed by atoms with Gasteiger partial charge in [-0.15, -0.1) is 0 Å². The molecule has 38 heavy (non-hydrogen) atoms. The number of fused-ring (bicyclic) bond motifs is 1. The Balaban J connectivity index is 1.72. The Bertz CT molecular complexity index is 1450. The minimum atomic E-state index is -0.531. The van der Waals surface area contributed by atoms with Gasteiger partial charge >= 0.3 is 6.09 Å². The van der Waals surface area contributed by atoms with E-state index in [2.05, 4.69) is 22.1 Å². The van der Waals surface area contributed by atoms with Crippen molar-refractivity contribution in [1.82, 2.24) is 24.5 Å². The molecule has 1 amide bonds. The summed E-state index contributed by atoms with van der Waals surface area (Å²) < 4.78 is 21.0. The third-order valence-corrected chi connectivity index (χ3v) is 6.82. The molecule has 4 aromatic heterocycles. The molecule has 4 aromatic rings. The van der Waals surface area contributed by atoms with Crippen LogP contribution in [0.4, 0.5) is 10.5 Å². The summed E-state index contributed by atoms with van der Waals surface area (Å²) in [5, 5.41) is 8.99. The van der Waals surface area contributed by atoms with E-state index in [-0.39, 0.29) is 30.3 Å². The van der Waals surface area contributed by atoms with Gasteiger partial charge in [-0.05, 0) is 38.7 Å². The van der Waals surface area contributed by atoms with Gasteiger partial charge in [0.05, 0.1) is 42.6 Å². The van der Waals surface area contributed by atoms with Gasteiger partial charge in [-0.1, -0.05) is 6.92 Å². The molecule has 11 nitrogen and oxygen atoms in total. The van der Waals surface area contributed by atoms with Crippen molar-refractivity contribution >= 4 is 28.5 Å². The quantitative estimate of drug-likeness (QED) is 0.327. The van der Waals surface area contributed by atoms with Gasteiger partial charge in [-0.2, -0.15) is 10.2 Å². The topological polar surface area (TPSA) is 118 Å². The third-order valence-electron chi connectivity index (χ3n) is 6.82. The first-order valence-electron chi connectivity index (χ1n) is 12.9. The maximum absolute atomic E-state index is 13.8. The molecule has 0 aliphatic carbocycles. The summed E-state index contributed by atoms with van der Waals surface area (Å²) in [7, 11) is 3.57. The van der Waals surface area contributed by atoms with Gasteiger partial charge in [0.1, 0.15) is 5.69 Å². The Hall–Kier alpha value is -3.99. The highest BCUT2D eigenvalue weighted by atomic mass is 16.6. The van der Waals surface area contributed by atoms with E-state index in [4.69, 9.17) is 13.9 Å². The van der Waals surface area contributed by atoms with Gasteiger partial charge in [-0.3, -0.25) is 24.0 Å². The molecule has 2 atom stereocenters. The number of rotatable bonds is 7. The van der Waals surface area contributed by atoms with Crippen molar-refractivity contribution < 1.29 is 23.5 Å². The molecule has 0 saturated carbocycles. The minimum absolute atomic E-state index is 0.0114. The standard InChI is InChI=1S/C27H32N6O5/c1-5-20-10-19(8-7-9-37-20)33(27(35)36-6-2)24-21-11-22(17-12-29-31(3)15-17)28-14-23(21)38-26(24)25(34)18-13-30-32(4)16-18/h11-16,19-20H,5-10H2,1-4H3/t19-,20-/m0/s1. The van der Waals surface area contributed by atoms with Gasteiger partial charge in [0.15, 0.2) is 11.3 Å². The minimum Gasteiger partial charge on any atom is -0.449 e. The van der Waals surface area contributed by atoms with Crippen molar-refractivity contribution in [1.29, 1.82) is 0 Å². The van der Waals surface area contributed by atoms with Crippen molar-refractivity contribution in [2.75, 3.05) is 18.1 Å². The first kappa shape index (κ1) is 25.7. The molecule has 1 saturated heterocycles. The van der Waals surface area contributed by atoms with E-state index in [1.165, 1.54) is 6.20 Å². The highest BCUT2D eigenvalue weighted by Crippen LogP contribution is 2.40. The number of hydrogen-bond acceptors (Lipinski definition) is 8. The van der Waals surface area contributed by atoms with Crippen LogP contribution in [0.15, 0.2) is 41.5 Å². The van der Waals surface area contributed by atoms with Crippen LogP contribution in [0.5, 0.6) is 0 Å². The maximum Gasteiger partial charge on any atom is 0.414 e. The van der Waals surface area contributed by atoms with Crippen LogP contribution in [-0.4, -0.2) is 61.8 Å². The summed E-state index contributed by atoms with van der Waals surface area (Å²) in [6, 6.07) is 1.58. The van der Waals surface area contributed by atoms with Gasteiger partial charge in [0.2, 0.25) is 5.78 Å². The van der Waals surface area contributed by atoms with E-state index in [1.807, 2.05) is 19.3 Å². The number of aryl methyl sites for hydroxylation is 2. The number of pyridine rings is 1. The fourth-order valence-corrected chi connectivity index (χ4v) is 4.96. The van der Waals surface area contributed by atoms with E-state index in [0.29, 0.717) is 47.4 Å². The maximum atomic E-state index is 13.8. The Labute approximate surface area is 220 Å². The first-order valence-corrected chi connectivity index (χ1v) is 12.9. The fraction of sp³-hybridized carbons (Fsp3) is 0.444. The number of carbonyl (C=O) groups is 2. The summed E-state index contributed by atoms with van der Waals surface area (Å²) >= 11 is 0. The second kappa shape index (κ2) is 10.8. The molecular formula is C27H32N6O5. The number of ketones is 1. The lowest BCUT2D eigenvalue weighted by Crippen LogP contribution is -2.43. The van der Waals surface area contributed by atoms with Crippen LogP contribution in [0, 0.1) is 0 Å². The van der Waals surface area contributed by atoms with Crippen LogP contribution < -0.4 is 4.90 Å². The lowest BCUT2D eigenvalue weighted by atomic mass is 10.0. The number of hydrogen-bond donors (Lipinski definition) is 0. The molecule has 200 valence electrons. The zero-order valence-corrected chi connectivity index (χ0v) is 22.1. The number of ether oxygens (including phenoxy) is 2. The summed E-state index contributed by atoms with van der Waals surface area (Å²) in [6.07, 6.45) is 10.6. The molecule has 1 fully saturated rings. The van der Waals surface area contributed by atoms with Crippen LogP contribution in [0.1, 0.15) is 55.6 Å². The Kier molecular flexibility index (Phi) is 7.28. The SMILES string of the molecule is CCOC(=O)N(c1c(C(=O)c2cnn(C)c2)oc2cnc(-c3cnn(C)c3)cc12)[C@H]1CCCO[C@@H](CC)C1. The predicted molar refractivity (Wildman–Crippen MR) is 140 cm³/mol. The van der Waals surface area contributed by atoms with Crippen LogP contribution in [-0.2, 0) is 23.6 Å². The fourth-order valence-electron chi connectivity index (χ4n) is 4.96. The first-order chi connectivity index (χ1) is 18.4. The molecule has 11 heteroatoms. The van der Waals surface area contributed by atoms with Crippen LogP contribution in [0.3, 0.4) is 0 Å². The number of furan rings is 1. The van der Waals surface area contributed by atoms with E-state index in [9.17, 15) is 9.59 Å². The van der Waals surface area contributed by atoms with Crippen LogP contribution >= 0.6 is 0 Å². The van der Waals surface area contributed by atoms with E-state index in [1.54, 1.807) is 46.8 Å². The zero-order valence-electron chi connectivity index (χ0n) is 22.1. The number of nitrogens with zero attached hydrogens (tertiary/aromatic N) is 6. The largest absolute Gasteiger partial charge is 0.449 e. The van der Waals surface area contributed by atoms with Crippen molar-refractivity contribution in [3.8, 4) is 11.3 Å². The second-order valence-corrected chi connectivity index (χ2v) is 9.48. The summed E-state index contributed by atoms with van der Waals surface area (Å²) in [5.74, 6) is -0.331. The number of anilines is 1. The second-order valence-electron chi connectivity index (χ2n) is 9.48. The Morgan fingerprint density at radius 2 is 1.92 bits per heavy atom. The predicted octanol–water partition coefficient (Wildman–Crippen LogP) is 4.50. The lowest BCUT2D eigenvalue weighted by molar-refractivity contribution is 0.0545. The number of aromatic nitrogens is 5. The molecular weight excluding hydrogens is 488 g/mol. The van der Waals surface area contributed by atoms with Gasteiger partial charge in [0.25, 0.3) is 0 Å². The Morgan fingerprint density at radius 3 is 2.61 bits per heavy atom. The molecule has 5 heterocycles. The molecule has 0 bridgehead atoms. The third kappa shape index (κ3) is 4.93. The van der Waals surface area contributed by atoms with E-state index in [0.717, 1.165) is 18.4 Å². The molecule has 5 rings (SSSR count). The highest BCUT2D eigenvalue weighted by Gasteiger charge is 2.37. The van der Waals surface area contributed by atoms with E-state index < -0.39 is 6.09 Å². The van der Waals surface area contributed by atoms with Crippen molar-refractivity contribution in [3.63, 3.8) is 0 Å². The monoisotopic (exact) mass is 520 g/mol. The molecule has 0 N–H and O–H groups in total. The average molecular weight is 521 g/mol. The average Bonchev–Trinajstić information content (AvgIpc) is 3.59. The zero-order chi connectivity index (χ0) is 26.8.